The van der Waals surface area contributed by atoms with Crippen molar-refractivity contribution in [1.82, 2.24) is 9.55 Å². The first-order valence-electron chi connectivity index (χ1n) is 6.04. The van der Waals surface area contributed by atoms with Crippen LogP contribution in [0.5, 0.6) is 0 Å². The van der Waals surface area contributed by atoms with Crippen LogP contribution < -0.4 is 0 Å². The average molecular weight is 265 g/mol. The molecule has 2 rings (SSSR count). The van der Waals surface area contributed by atoms with Crippen molar-refractivity contribution in [3.05, 3.63) is 41.2 Å². The Morgan fingerprint density at radius 3 is 2.50 bits per heavy atom. The van der Waals surface area contributed by atoms with Crippen molar-refractivity contribution < 1.29 is 5.11 Å². The molecule has 4 heteroatoms. The van der Waals surface area contributed by atoms with Crippen molar-refractivity contribution in [2.75, 3.05) is 0 Å². The predicted molar refractivity (Wildman–Crippen MR) is 73.4 cm³/mol. The van der Waals surface area contributed by atoms with E-state index in [4.69, 9.17) is 11.6 Å². The van der Waals surface area contributed by atoms with Crippen molar-refractivity contribution in [1.29, 1.82) is 0 Å². The van der Waals surface area contributed by atoms with Crippen LogP contribution in [0.25, 0.3) is 11.4 Å². The van der Waals surface area contributed by atoms with E-state index < -0.39 is 0 Å². The topological polar surface area (TPSA) is 38.0 Å². The highest BCUT2D eigenvalue weighted by atomic mass is 35.5. The van der Waals surface area contributed by atoms with Gasteiger partial charge in [-0.1, -0.05) is 55.8 Å². The molecule has 0 unspecified atom stereocenters. The number of rotatable bonds is 4. The molecule has 96 valence electrons. The molecular formula is C14H17ClN2O. The van der Waals surface area contributed by atoms with E-state index in [0.717, 1.165) is 17.9 Å². The van der Waals surface area contributed by atoms with Crippen LogP contribution in [0.1, 0.15) is 19.5 Å². The largest absolute Gasteiger partial charge is 0.390 e. The molecule has 3 nitrogen and oxygen atoms in total. The van der Waals surface area contributed by atoms with E-state index in [9.17, 15) is 5.11 Å². The zero-order valence-electron chi connectivity index (χ0n) is 10.6. The van der Waals surface area contributed by atoms with Gasteiger partial charge in [-0.25, -0.2) is 4.98 Å². The quantitative estimate of drug-likeness (QED) is 0.920. The molecule has 1 heterocycles. The zero-order chi connectivity index (χ0) is 13.1. The van der Waals surface area contributed by atoms with Crippen LogP contribution in [-0.2, 0) is 13.2 Å². The summed E-state index contributed by atoms with van der Waals surface area (Å²) in [6.07, 6.45) is 0. The number of hydrogen-bond acceptors (Lipinski definition) is 2. The van der Waals surface area contributed by atoms with Crippen molar-refractivity contribution in [3.63, 3.8) is 0 Å². The molecule has 0 atom stereocenters. The van der Waals surface area contributed by atoms with Gasteiger partial charge in [-0.3, -0.25) is 0 Å². The summed E-state index contributed by atoms with van der Waals surface area (Å²) in [6.45, 7) is 4.91. The lowest BCUT2D eigenvalue weighted by Gasteiger charge is -2.11. The Morgan fingerprint density at radius 2 is 1.94 bits per heavy atom. The molecule has 0 aliphatic rings. The number of imidazole rings is 1. The Balaban J connectivity index is 2.52. The Kier molecular flexibility index (Phi) is 4.04. The number of halogens is 1. The Labute approximate surface area is 112 Å². The number of benzene rings is 1. The van der Waals surface area contributed by atoms with Gasteiger partial charge < -0.3 is 9.67 Å². The Hall–Kier alpha value is -1.32. The maximum Gasteiger partial charge on any atom is 0.141 e. The molecule has 18 heavy (non-hydrogen) atoms. The van der Waals surface area contributed by atoms with Crippen molar-refractivity contribution in [3.8, 4) is 11.4 Å². The highest BCUT2D eigenvalue weighted by molar-refractivity contribution is 6.30. The van der Waals surface area contributed by atoms with E-state index >= 15 is 0 Å². The fraction of sp³-hybridized carbons (Fsp3) is 0.357. The zero-order valence-corrected chi connectivity index (χ0v) is 11.4. The highest BCUT2D eigenvalue weighted by Crippen LogP contribution is 2.27. The summed E-state index contributed by atoms with van der Waals surface area (Å²) in [5.41, 5.74) is 1.55. The molecule has 0 bridgehead atoms. The van der Waals surface area contributed by atoms with Gasteiger partial charge in [0.25, 0.3) is 0 Å². The van der Waals surface area contributed by atoms with Crippen LogP contribution in [0, 0.1) is 5.92 Å². The standard InChI is InChI=1S/C14H17ClN2O/c1-10(2)8-17-13(15)12(9-18)16-14(17)11-6-4-3-5-7-11/h3-7,10,18H,8-9H2,1-2H3. The molecule has 1 N–H and O–H groups in total. The number of aromatic nitrogens is 2. The van der Waals surface area contributed by atoms with Crippen LogP contribution >= 0.6 is 11.6 Å². The normalized spacial score (nSPS) is 11.2. The monoisotopic (exact) mass is 264 g/mol. The van der Waals surface area contributed by atoms with Crippen LogP contribution in [0.4, 0.5) is 0 Å². The Bertz CT molecular complexity index is 520. The van der Waals surface area contributed by atoms with Gasteiger partial charge in [-0.15, -0.1) is 0 Å². The number of aliphatic hydroxyl groups excluding tert-OH is 1. The summed E-state index contributed by atoms with van der Waals surface area (Å²) in [5, 5.41) is 9.81. The minimum atomic E-state index is -0.135. The molecule has 0 radical (unpaired) electrons. The van der Waals surface area contributed by atoms with E-state index in [1.807, 2.05) is 34.9 Å². The third kappa shape index (κ3) is 2.57. The van der Waals surface area contributed by atoms with E-state index in [1.165, 1.54) is 0 Å². The summed E-state index contributed by atoms with van der Waals surface area (Å²) in [4.78, 5) is 4.43. The molecule has 0 fully saturated rings. The highest BCUT2D eigenvalue weighted by Gasteiger charge is 2.16. The van der Waals surface area contributed by atoms with Gasteiger partial charge in [0.05, 0.1) is 6.61 Å². The third-order valence-corrected chi connectivity index (χ3v) is 3.12. The summed E-state index contributed by atoms with van der Waals surface area (Å²) < 4.78 is 1.97. The van der Waals surface area contributed by atoms with Gasteiger partial charge in [-0.2, -0.15) is 0 Å². The minimum Gasteiger partial charge on any atom is -0.390 e. The van der Waals surface area contributed by atoms with E-state index in [0.29, 0.717) is 16.8 Å². The van der Waals surface area contributed by atoms with Crippen LogP contribution in [0.2, 0.25) is 5.15 Å². The van der Waals surface area contributed by atoms with Gasteiger partial charge in [0.15, 0.2) is 0 Å². The van der Waals surface area contributed by atoms with Crippen molar-refractivity contribution in [2.24, 2.45) is 5.92 Å². The summed E-state index contributed by atoms with van der Waals surface area (Å²) in [7, 11) is 0. The molecule has 1 aromatic heterocycles. The molecule has 0 saturated heterocycles. The molecular weight excluding hydrogens is 248 g/mol. The maximum atomic E-state index is 9.28. The van der Waals surface area contributed by atoms with Gasteiger partial charge >= 0.3 is 0 Å². The lowest BCUT2D eigenvalue weighted by molar-refractivity contribution is 0.277. The minimum absolute atomic E-state index is 0.135. The van der Waals surface area contributed by atoms with E-state index in [1.54, 1.807) is 0 Å². The lowest BCUT2D eigenvalue weighted by atomic mass is 10.2. The first-order chi connectivity index (χ1) is 8.63. The van der Waals surface area contributed by atoms with E-state index in [-0.39, 0.29) is 6.61 Å². The third-order valence-electron chi connectivity index (χ3n) is 2.70. The molecule has 0 spiro atoms. The fourth-order valence-corrected chi connectivity index (χ4v) is 2.17. The Morgan fingerprint density at radius 1 is 1.28 bits per heavy atom. The second kappa shape index (κ2) is 5.55. The average Bonchev–Trinajstić information content (AvgIpc) is 2.67. The number of nitrogens with zero attached hydrogens (tertiary/aromatic N) is 2. The molecule has 0 aliphatic carbocycles. The number of aliphatic hydroxyl groups is 1. The smallest absolute Gasteiger partial charge is 0.141 e. The predicted octanol–water partition coefficient (Wildman–Crippen LogP) is 3.35. The van der Waals surface area contributed by atoms with Crippen molar-refractivity contribution >= 4 is 11.6 Å². The van der Waals surface area contributed by atoms with Gasteiger partial charge in [-0.05, 0) is 5.92 Å². The maximum absolute atomic E-state index is 9.28. The van der Waals surface area contributed by atoms with E-state index in [2.05, 4.69) is 18.8 Å². The first kappa shape index (κ1) is 13.1. The molecule has 1 aromatic carbocycles. The van der Waals surface area contributed by atoms with Gasteiger partial charge in [0.2, 0.25) is 0 Å². The van der Waals surface area contributed by atoms with Gasteiger partial charge in [0.1, 0.15) is 16.7 Å². The lowest BCUT2D eigenvalue weighted by Crippen LogP contribution is -2.06. The van der Waals surface area contributed by atoms with Crippen molar-refractivity contribution in [2.45, 2.75) is 27.0 Å². The fourth-order valence-electron chi connectivity index (χ4n) is 1.92. The van der Waals surface area contributed by atoms with Crippen LogP contribution in [0.15, 0.2) is 30.3 Å². The second-order valence-electron chi connectivity index (χ2n) is 4.70. The van der Waals surface area contributed by atoms with Crippen LogP contribution in [-0.4, -0.2) is 14.7 Å². The summed E-state index contributed by atoms with van der Waals surface area (Å²) in [5.74, 6) is 1.28. The summed E-state index contributed by atoms with van der Waals surface area (Å²) >= 11 is 6.26. The SMILES string of the molecule is CC(C)Cn1c(-c2ccccc2)nc(CO)c1Cl. The summed E-state index contributed by atoms with van der Waals surface area (Å²) in [6, 6.07) is 9.90. The molecule has 2 aromatic rings. The number of hydrogen-bond donors (Lipinski definition) is 1. The second-order valence-corrected chi connectivity index (χ2v) is 5.06. The molecule has 0 amide bonds. The first-order valence-corrected chi connectivity index (χ1v) is 6.42. The van der Waals surface area contributed by atoms with Crippen LogP contribution in [0.3, 0.4) is 0 Å². The van der Waals surface area contributed by atoms with Gasteiger partial charge in [0, 0.05) is 12.1 Å². The molecule has 0 saturated carbocycles. The molecule has 0 aliphatic heterocycles.